The Balaban J connectivity index is 1.70. The summed E-state index contributed by atoms with van der Waals surface area (Å²) in [4.78, 5) is 14.5. The lowest BCUT2D eigenvalue weighted by molar-refractivity contribution is 0.224. The monoisotopic (exact) mass is 375 g/mol. The number of likely N-dealkylation sites (tertiary alicyclic amines) is 1. The molecule has 2 aromatic rings. The van der Waals surface area contributed by atoms with E-state index in [0.29, 0.717) is 6.54 Å². The van der Waals surface area contributed by atoms with Gasteiger partial charge in [0.05, 0.1) is 18.8 Å². The number of para-hydroxylation sites is 1. The molecule has 0 bridgehead atoms. The number of carbonyl (C=O) groups is 1. The molecular weight excluding hydrogens is 352 g/mol. The van der Waals surface area contributed by atoms with Gasteiger partial charge in [-0.3, -0.25) is 4.90 Å². The first kappa shape index (κ1) is 19.1. The number of benzene rings is 2. The number of hydrogen-bond donors (Lipinski definition) is 2. The summed E-state index contributed by atoms with van der Waals surface area (Å²) in [5, 5.41) is 5.21. The molecule has 0 unspecified atom stereocenters. The molecule has 2 amide bonds. The smallest absolute Gasteiger partial charge is 0.319 e. The van der Waals surface area contributed by atoms with Gasteiger partial charge in [0.15, 0.2) is 0 Å². The number of amides is 2. The predicted octanol–water partition coefficient (Wildman–Crippen LogP) is 3.93. The van der Waals surface area contributed by atoms with Gasteiger partial charge in [-0.1, -0.05) is 18.2 Å². The van der Waals surface area contributed by atoms with Gasteiger partial charge >= 0.3 is 6.03 Å². The first-order valence-corrected chi connectivity index (χ1v) is 8.95. The van der Waals surface area contributed by atoms with E-state index in [0.717, 1.165) is 49.4 Å². The third-order valence-corrected chi connectivity index (χ3v) is 4.71. The average Bonchev–Trinajstić information content (AvgIpc) is 3.19. The zero-order valence-electron chi connectivity index (χ0n) is 15.2. The highest BCUT2D eigenvalue weighted by molar-refractivity contribution is 5.89. The van der Waals surface area contributed by atoms with Crippen molar-refractivity contribution < 1.29 is 18.3 Å². The van der Waals surface area contributed by atoms with E-state index in [-0.39, 0.29) is 11.7 Å². The Hall–Kier alpha value is -2.67. The first-order valence-electron chi connectivity index (χ1n) is 8.95. The number of nitrogens with zero attached hydrogens (tertiary/aromatic N) is 1. The first-order chi connectivity index (χ1) is 13.1. The van der Waals surface area contributed by atoms with Gasteiger partial charge in [-0.2, -0.15) is 0 Å². The molecule has 3 rings (SSSR count). The van der Waals surface area contributed by atoms with E-state index >= 15 is 0 Å². The Labute approximate surface area is 157 Å². The SMILES string of the molecule is COc1ccccc1[C@@H](CNC(=O)Nc1ccc(F)cc1F)N1CCCC1. The molecule has 2 N–H and O–H groups in total. The fourth-order valence-electron chi connectivity index (χ4n) is 3.38. The van der Waals surface area contributed by atoms with E-state index in [1.54, 1.807) is 7.11 Å². The van der Waals surface area contributed by atoms with Crippen molar-refractivity contribution in [2.45, 2.75) is 18.9 Å². The van der Waals surface area contributed by atoms with E-state index in [9.17, 15) is 13.6 Å². The van der Waals surface area contributed by atoms with Gasteiger partial charge in [0, 0.05) is 18.2 Å². The van der Waals surface area contributed by atoms with Gasteiger partial charge < -0.3 is 15.4 Å². The van der Waals surface area contributed by atoms with E-state index < -0.39 is 17.7 Å². The molecule has 1 fully saturated rings. The van der Waals surface area contributed by atoms with Gasteiger partial charge in [0.1, 0.15) is 17.4 Å². The van der Waals surface area contributed by atoms with Crippen LogP contribution in [0.3, 0.4) is 0 Å². The maximum Gasteiger partial charge on any atom is 0.319 e. The number of urea groups is 1. The van der Waals surface area contributed by atoms with Crippen LogP contribution < -0.4 is 15.4 Å². The van der Waals surface area contributed by atoms with E-state index in [1.807, 2.05) is 24.3 Å². The van der Waals surface area contributed by atoms with Crippen molar-refractivity contribution in [3.8, 4) is 5.75 Å². The fourth-order valence-corrected chi connectivity index (χ4v) is 3.38. The van der Waals surface area contributed by atoms with E-state index in [2.05, 4.69) is 15.5 Å². The average molecular weight is 375 g/mol. The van der Waals surface area contributed by atoms with Crippen molar-refractivity contribution in [2.75, 3.05) is 32.1 Å². The molecule has 1 aliphatic heterocycles. The number of carbonyl (C=O) groups excluding carboxylic acids is 1. The van der Waals surface area contributed by atoms with Crippen molar-refractivity contribution in [1.29, 1.82) is 0 Å². The van der Waals surface area contributed by atoms with Crippen molar-refractivity contribution in [3.05, 3.63) is 59.7 Å². The molecule has 0 aliphatic carbocycles. The molecule has 1 atom stereocenters. The van der Waals surface area contributed by atoms with E-state index in [1.165, 1.54) is 6.07 Å². The molecule has 2 aromatic carbocycles. The largest absolute Gasteiger partial charge is 0.496 e. The summed E-state index contributed by atoms with van der Waals surface area (Å²) in [6, 6.07) is 10.2. The third-order valence-electron chi connectivity index (χ3n) is 4.71. The Morgan fingerprint density at radius 3 is 2.63 bits per heavy atom. The van der Waals surface area contributed by atoms with Crippen LogP contribution in [-0.2, 0) is 0 Å². The molecule has 1 heterocycles. The van der Waals surface area contributed by atoms with Crippen molar-refractivity contribution in [3.63, 3.8) is 0 Å². The zero-order chi connectivity index (χ0) is 19.2. The number of rotatable bonds is 6. The van der Waals surface area contributed by atoms with E-state index in [4.69, 9.17) is 4.74 Å². The van der Waals surface area contributed by atoms with Gasteiger partial charge in [-0.25, -0.2) is 13.6 Å². The lowest BCUT2D eigenvalue weighted by Crippen LogP contribution is -2.38. The second-order valence-corrected chi connectivity index (χ2v) is 6.46. The minimum atomic E-state index is -0.814. The van der Waals surface area contributed by atoms with Gasteiger partial charge in [0.2, 0.25) is 0 Å². The van der Waals surface area contributed by atoms with Crippen molar-refractivity contribution in [1.82, 2.24) is 10.2 Å². The molecule has 0 spiro atoms. The lowest BCUT2D eigenvalue weighted by Gasteiger charge is -2.29. The quantitative estimate of drug-likeness (QED) is 0.804. The summed E-state index contributed by atoms with van der Waals surface area (Å²) < 4.78 is 32.2. The number of halogens is 2. The molecule has 144 valence electrons. The van der Waals surface area contributed by atoms with Crippen molar-refractivity contribution in [2.24, 2.45) is 0 Å². The molecule has 1 saturated heterocycles. The molecule has 7 heteroatoms. The third kappa shape index (κ3) is 4.74. The maximum atomic E-state index is 13.7. The summed E-state index contributed by atoms with van der Waals surface area (Å²) >= 11 is 0. The molecule has 1 aliphatic rings. The van der Waals surface area contributed by atoms with Crippen LogP contribution in [0, 0.1) is 11.6 Å². The number of ether oxygens (including phenoxy) is 1. The highest BCUT2D eigenvalue weighted by atomic mass is 19.1. The minimum Gasteiger partial charge on any atom is -0.496 e. The van der Waals surface area contributed by atoms with Gasteiger partial charge in [-0.05, 0) is 44.1 Å². The molecule has 0 aromatic heterocycles. The molecule has 0 saturated carbocycles. The fraction of sp³-hybridized carbons (Fsp3) is 0.350. The lowest BCUT2D eigenvalue weighted by atomic mass is 10.0. The minimum absolute atomic E-state index is 0.0486. The Kier molecular flexibility index (Phi) is 6.24. The van der Waals surface area contributed by atoms with Crippen LogP contribution in [0.25, 0.3) is 0 Å². The van der Waals surface area contributed by atoms with Crippen LogP contribution in [0.15, 0.2) is 42.5 Å². The molecule has 5 nitrogen and oxygen atoms in total. The van der Waals surface area contributed by atoms with Crippen LogP contribution in [0.1, 0.15) is 24.4 Å². The second-order valence-electron chi connectivity index (χ2n) is 6.46. The van der Waals surface area contributed by atoms with Gasteiger partial charge in [0.25, 0.3) is 0 Å². The number of methoxy groups -OCH3 is 1. The van der Waals surface area contributed by atoms with Gasteiger partial charge in [-0.15, -0.1) is 0 Å². The number of hydrogen-bond acceptors (Lipinski definition) is 3. The second kappa shape index (κ2) is 8.81. The topological polar surface area (TPSA) is 53.6 Å². The maximum absolute atomic E-state index is 13.7. The Morgan fingerprint density at radius 1 is 1.19 bits per heavy atom. The molecular formula is C20H23F2N3O2. The van der Waals surface area contributed by atoms with Crippen LogP contribution in [0.5, 0.6) is 5.75 Å². The van der Waals surface area contributed by atoms with Crippen molar-refractivity contribution >= 4 is 11.7 Å². The highest BCUT2D eigenvalue weighted by Gasteiger charge is 2.26. The Bertz CT molecular complexity index is 795. The summed E-state index contributed by atoms with van der Waals surface area (Å²) in [7, 11) is 1.62. The van der Waals surface area contributed by atoms with Crippen LogP contribution in [0.2, 0.25) is 0 Å². The summed E-state index contributed by atoms with van der Waals surface area (Å²) in [6.45, 7) is 2.23. The standard InChI is InChI=1S/C20H23F2N3O2/c1-27-19-7-3-2-6-15(19)18(25-10-4-5-11-25)13-23-20(26)24-17-9-8-14(21)12-16(17)22/h2-3,6-9,12,18H,4-5,10-11,13H2,1H3,(H2,23,24,26)/t18-/m1/s1. The highest BCUT2D eigenvalue weighted by Crippen LogP contribution is 2.31. The zero-order valence-corrected chi connectivity index (χ0v) is 15.2. The number of anilines is 1. The molecule has 0 radical (unpaired) electrons. The van der Waals surface area contributed by atoms with Crippen LogP contribution in [0.4, 0.5) is 19.3 Å². The Morgan fingerprint density at radius 2 is 1.93 bits per heavy atom. The predicted molar refractivity (Wildman–Crippen MR) is 99.9 cm³/mol. The summed E-state index contributed by atoms with van der Waals surface area (Å²) in [6.07, 6.45) is 2.22. The normalized spacial score (nSPS) is 15.4. The van der Waals surface area contributed by atoms with Crippen LogP contribution >= 0.6 is 0 Å². The van der Waals surface area contributed by atoms with Crippen LogP contribution in [-0.4, -0.2) is 37.7 Å². The number of nitrogens with one attached hydrogen (secondary N) is 2. The summed E-state index contributed by atoms with van der Waals surface area (Å²) in [5.41, 5.74) is 0.930. The molecule has 27 heavy (non-hydrogen) atoms. The summed E-state index contributed by atoms with van der Waals surface area (Å²) in [5.74, 6) is -0.740.